The van der Waals surface area contributed by atoms with E-state index >= 15 is 0 Å². The van der Waals surface area contributed by atoms with Gasteiger partial charge in [-0.05, 0) is 11.8 Å². The highest BCUT2D eigenvalue weighted by Gasteiger charge is 2.54. The highest BCUT2D eigenvalue weighted by Crippen LogP contribution is 2.26. The Kier molecular flexibility index (Phi) is 6.02. The molecule has 15 heteroatoms. The number of oxime groups is 1. The molecule has 26 heavy (non-hydrogen) atoms. The van der Waals surface area contributed by atoms with Gasteiger partial charge in [0.15, 0.2) is 10.8 Å². The lowest BCUT2D eigenvalue weighted by Crippen LogP contribution is -2.73. The fraction of sp³-hybridized carbons (Fsp3) is 0.364. The Morgan fingerprint density at radius 1 is 1.69 bits per heavy atom. The molecule has 1 fully saturated rings. The second-order valence-electron chi connectivity index (χ2n) is 4.73. The van der Waals surface area contributed by atoms with Crippen molar-refractivity contribution >= 4 is 56.1 Å². The maximum atomic E-state index is 12.4. The molecule has 2 rings (SSSR count). The number of amides is 2. The van der Waals surface area contributed by atoms with Crippen LogP contribution in [0, 0.1) is 10.7 Å². The summed E-state index contributed by atoms with van der Waals surface area (Å²) in [6.07, 6.45) is 0. The number of thiocyanates is 1. The van der Waals surface area contributed by atoms with Gasteiger partial charge in [-0.25, -0.2) is 9.29 Å². The minimum absolute atomic E-state index is 0.105. The van der Waals surface area contributed by atoms with Crippen molar-refractivity contribution in [3.05, 3.63) is 11.1 Å². The van der Waals surface area contributed by atoms with Gasteiger partial charge in [0.25, 0.3) is 11.8 Å². The molecule has 2 amide bonds. The standard InChI is InChI=1S/C11H12N6O6S3/c1-23-16-7(5-2-25-11(13)14-5)9(18)15-8-6(3-24-4-12)17(10(8)19)26(20,21)22/h2,6,8H,3H2,1H3,(H2,13,14)(H,15,18)(H,20,21,22)/b16-7-. The van der Waals surface area contributed by atoms with Crippen molar-refractivity contribution in [1.82, 2.24) is 14.6 Å². The van der Waals surface area contributed by atoms with Crippen molar-refractivity contribution in [2.24, 2.45) is 5.16 Å². The first-order valence-electron chi connectivity index (χ1n) is 6.65. The lowest BCUT2D eigenvalue weighted by atomic mass is 10.0. The summed E-state index contributed by atoms with van der Waals surface area (Å²) < 4.78 is 31.9. The molecule has 2 heterocycles. The Bertz CT molecular complexity index is 890. The number of nitrogens with two attached hydrogens (primary N) is 1. The van der Waals surface area contributed by atoms with Gasteiger partial charge in [0.2, 0.25) is 0 Å². The van der Waals surface area contributed by atoms with E-state index in [9.17, 15) is 18.0 Å². The molecule has 1 saturated heterocycles. The fourth-order valence-electron chi connectivity index (χ4n) is 2.15. The zero-order chi connectivity index (χ0) is 19.5. The lowest BCUT2D eigenvalue weighted by molar-refractivity contribution is -0.143. The normalized spacial score (nSPS) is 20.3. The van der Waals surface area contributed by atoms with Crippen molar-refractivity contribution in [1.29, 1.82) is 5.26 Å². The molecular weight excluding hydrogens is 408 g/mol. The molecule has 2 unspecified atom stereocenters. The van der Waals surface area contributed by atoms with E-state index in [1.165, 1.54) is 12.5 Å². The van der Waals surface area contributed by atoms with Gasteiger partial charge in [-0.15, -0.1) is 11.3 Å². The number of nitrogen functional groups attached to an aromatic ring is 1. The maximum Gasteiger partial charge on any atom is 0.362 e. The van der Waals surface area contributed by atoms with Crippen LogP contribution in [0.2, 0.25) is 0 Å². The summed E-state index contributed by atoms with van der Waals surface area (Å²) in [4.78, 5) is 32.9. The van der Waals surface area contributed by atoms with Crippen LogP contribution < -0.4 is 11.1 Å². The smallest absolute Gasteiger partial charge is 0.362 e. The van der Waals surface area contributed by atoms with Crippen LogP contribution in [0.5, 0.6) is 0 Å². The molecule has 1 aliphatic heterocycles. The number of carbonyl (C=O) groups is 2. The van der Waals surface area contributed by atoms with Crippen LogP contribution in [-0.2, 0) is 24.7 Å². The third kappa shape index (κ3) is 4.04. The van der Waals surface area contributed by atoms with E-state index in [0.29, 0.717) is 11.8 Å². The first kappa shape index (κ1) is 19.9. The average Bonchev–Trinajstić information content (AvgIpc) is 2.98. The summed E-state index contributed by atoms with van der Waals surface area (Å²) >= 11 is 1.72. The third-order valence-electron chi connectivity index (χ3n) is 3.19. The van der Waals surface area contributed by atoms with Crippen LogP contribution >= 0.6 is 23.1 Å². The first-order chi connectivity index (χ1) is 12.2. The van der Waals surface area contributed by atoms with E-state index in [4.69, 9.17) is 15.5 Å². The van der Waals surface area contributed by atoms with Crippen LogP contribution in [0.15, 0.2) is 10.5 Å². The van der Waals surface area contributed by atoms with Gasteiger partial charge in [0.1, 0.15) is 24.2 Å². The molecule has 0 saturated carbocycles. The quantitative estimate of drug-likeness (QED) is 0.159. The number of hydrogen-bond donors (Lipinski definition) is 3. The Morgan fingerprint density at radius 3 is 2.88 bits per heavy atom. The second-order valence-corrected chi connectivity index (χ2v) is 7.71. The number of nitriles is 1. The van der Waals surface area contributed by atoms with Crippen LogP contribution in [0.3, 0.4) is 0 Å². The highest BCUT2D eigenvalue weighted by atomic mass is 32.2. The Labute approximate surface area is 155 Å². The van der Waals surface area contributed by atoms with E-state index in [2.05, 4.69) is 20.3 Å². The number of rotatable bonds is 7. The zero-order valence-corrected chi connectivity index (χ0v) is 15.5. The number of aromatic nitrogens is 1. The number of hydrogen-bond acceptors (Lipinski definition) is 11. The fourth-order valence-corrected chi connectivity index (χ4v) is 4.26. The number of carbonyl (C=O) groups excluding carboxylic acids is 2. The van der Waals surface area contributed by atoms with Gasteiger partial charge in [0.05, 0.1) is 6.04 Å². The van der Waals surface area contributed by atoms with Crippen LogP contribution in [0.25, 0.3) is 0 Å². The SMILES string of the molecule is CO/N=C(\C(=O)NC1C(=O)N(S(=O)(=O)O)C1CSC#N)c1csc(N)n1. The largest absolute Gasteiger partial charge is 0.398 e. The molecule has 140 valence electrons. The number of thioether (sulfide) groups is 1. The Hall–Kier alpha value is -2.41. The van der Waals surface area contributed by atoms with E-state index in [0.717, 1.165) is 11.3 Å². The molecule has 0 spiro atoms. The van der Waals surface area contributed by atoms with Crippen molar-refractivity contribution in [2.45, 2.75) is 12.1 Å². The zero-order valence-electron chi connectivity index (χ0n) is 13.0. The molecule has 1 aliphatic rings. The van der Waals surface area contributed by atoms with Gasteiger partial charge in [-0.3, -0.25) is 14.1 Å². The average molecular weight is 420 g/mol. The van der Waals surface area contributed by atoms with Crippen molar-refractivity contribution in [3.8, 4) is 5.40 Å². The van der Waals surface area contributed by atoms with E-state index in [1.54, 1.807) is 5.40 Å². The monoisotopic (exact) mass is 420 g/mol. The summed E-state index contributed by atoms with van der Waals surface area (Å²) in [6, 6.07) is -2.40. The maximum absolute atomic E-state index is 12.4. The van der Waals surface area contributed by atoms with Crippen molar-refractivity contribution in [3.63, 3.8) is 0 Å². The van der Waals surface area contributed by atoms with Gasteiger partial charge in [0, 0.05) is 11.1 Å². The van der Waals surface area contributed by atoms with E-state index in [-0.39, 0.29) is 26.6 Å². The molecule has 0 radical (unpaired) electrons. The minimum atomic E-state index is -4.82. The second kappa shape index (κ2) is 7.86. The summed E-state index contributed by atoms with van der Waals surface area (Å²) in [7, 11) is -3.62. The summed E-state index contributed by atoms with van der Waals surface area (Å²) in [5.74, 6) is -2.05. The molecule has 1 aromatic heterocycles. The molecule has 12 nitrogen and oxygen atoms in total. The first-order valence-corrected chi connectivity index (χ1v) is 9.91. The van der Waals surface area contributed by atoms with Gasteiger partial charge in [-0.1, -0.05) is 5.16 Å². The number of nitrogens with zero attached hydrogens (tertiary/aromatic N) is 4. The topological polar surface area (TPSA) is 188 Å². The van der Waals surface area contributed by atoms with E-state index < -0.39 is 34.2 Å². The highest BCUT2D eigenvalue weighted by molar-refractivity contribution is 8.03. The third-order valence-corrected chi connectivity index (χ3v) is 5.44. The number of thiazole rings is 1. The molecular formula is C11H12N6O6S3. The molecule has 2 atom stereocenters. The van der Waals surface area contributed by atoms with Crippen LogP contribution in [0.4, 0.5) is 5.13 Å². The van der Waals surface area contributed by atoms with E-state index in [1.807, 2.05) is 0 Å². The van der Waals surface area contributed by atoms with Crippen molar-refractivity contribution < 1.29 is 27.4 Å². The van der Waals surface area contributed by atoms with Gasteiger partial charge in [-0.2, -0.15) is 13.7 Å². The molecule has 1 aromatic rings. The lowest BCUT2D eigenvalue weighted by Gasteiger charge is -2.43. The number of β-lactam (4-membered cyclic amide) rings is 1. The Morgan fingerprint density at radius 2 is 2.38 bits per heavy atom. The number of anilines is 1. The van der Waals surface area contributed by atoms with Gasteiger partial charge >= 0.3 is 10.3 Å². The minimum Gasteiger partial charge on any atom is -0.398 e. The predicted molar refractivity (Wildman–Crippen MR) is 92.3 cm³/mol. The predicted octanol–water partition coefficient (Wildman–Crippen LogP) is -1.21. The molecule has 0 bridgehead atoms. The number of nitrogens with one attached hydrogen (secondary N) is 1. The van der Waals surface area contributed by atoms with Crippen LogP contribution in [-0.4, -0.2) is 64.7 Å². The summed E-state index contributed by atoms with van der Waals surface area (Å²) in [6.45, 7) is 0. The van der Waals surface area contributed by atoms with Crippen molar-refractivity contribution in [2.75, 3.05) is 18.6 Å². The van der Waals surface area contributed by atoms with Crippen LogP contribution in [0.1, 0.15) is 5.69 Å². The summed E-state index contributed by atoms with van der Waals surface area (Å²) in [5.41, 5.74) is 5.34. The molecule has 4 N–H and O–H groups in total. The molecule has 0 aliphatic carbocycles. The summed E-state index contributed by atoms with van der Waals surface area (Å²) in [5, 5.41) is 17.8. The Balaban J connectivity index is 2.21. The van der Waals surface area contributed by atoms with Gasteiger partial charge < -0.3 is 15.9 Å². The molecule has 0 aromatic carbocycles.